The van der Waals surface area contributed by atoms with E-state index in [9.17, 15) is 18.4 Å². The molecule has 1 aromatic carbocycles. The van der Waals surface area contributed by atoms with Crippen LogP contribution in [0.5, 0.6) is 5.75 Å². The van der Waals surface area contributed by atoms with Gasteiger partial charge in [-0.25, -0.2) is 0 Å². The standard InChI is InChI=1S/C17H16F2O3/c18-17(19)22-14-9-6-12(7-10-14)8-11-15(20)16(21)13-4-2-1-3-5-13/h6-7,9-10,13,17H,1-5H2. The van der Waals surface area contributed by atoms with Crippen molar-refractivity contribution < 1.29 is 23.1 Å². The first-order valence-electron chi connectivity index (χ1n) is 7.21. The van der Waals surface area contributed by atoms with E-state index in [-0.39, 0.29) is 11.7 Å². The molecule has 1 saturated carbocycles. The molecule has 1 aromatic rings. The molecule has 0 N–H and O–H groups in total. The van der Waals surface area contributed by atoms with Crippen molar-refractivity contribution in [3.63, 3.8) is 0 Å². The molecular weight excluding hydrogens is 290 g/mol. The van der Waals surface area contributed by atoms with Gasteiger partial charge in [0.05, 0.1) is 0 Å². The van der Waals surface area contributed by atoms with Crippen LogP contribution in [-0.4, -0.2) is 18.2 Å². The van der Waals surface area contributed by atoms with Gasteiger partial charge in [0, 0.05) is 11.5 Å². The zero-order valence-corrected chi connectivity index (χ0v) is 12.0. The van der Waals surface area contributed by atoms with Crippen LogP contribution in [0.2, 0.25) is 0 Å². The van der Waals surface area contributed by atoms with Crippen molar-refractivity contribution in [2.75, 3.05) is 0 Å². The molecule has 0 unspecified atom stereocenters. The fraction of sp³-hybridized carbons (Fsp3) is 0.412. The van der Waals surface area contributed by atoms with E-state index in [1.807, 2.05) is 0 Å². The fourth-order valence-electron chi connectivity index (χ4n) is 2.46. The molecule has 0 amide bonds. The maximum atomic E-state index is 12.0. The molecule has 0 bridgehead atoms. The van der Waals surface area contributed by atoms with Gasteiger partial charge in [-0.15, -0.1) is 0 Å². The molecule has 1 aliphatic rings. The number of ether oxygens (including phenoxy) is 1. The summed E-state index contributed by atoms with van der Waals surface area (Å²) in [6.07, 6.45) is 4.57. The summed E-state index contributed by atoms with van der Waals surface area (Å²) in [6, 6.07) is 5.60. The van der Waals surface area contributed by atoms with Crippen LogP contribution < -0.4 is 4.74 Å². The van der Waals surface area contributed by atoms with Crippen molar-refractivity contribution in [3.8, 4) is 17.6 Å². The first-order valence-corrected chi connectivity index (χ1v) is 7.21. The molecule has 0 atom stereocenters. The number of halogens is 2. The summed E-state index contributed by atoms with van der Waals surface area (Å²) in [7, 11) is 0. The molecule has 3 nitrogen and oxygen atoms in total. The van der Waals surface area contributed by atoms with Crippen molar-refractivity contribution in [1.29, 1.82) is 0 Å². The van der Waals surface area contributed by atoms with E-state index in [4.69, 9.17) is 0 Å². The predicted octanol–water partition coefficient (Wildman–Crippen LogP) is 3.36. The van der Waals surface area contributed by atoms with Crippen LogP contribution >= 0.6 is 0 Å². The zero-order chi connectivity index (χ0) is 15.9. The molecule has 0 aliphatic heterocycles. The molecule has 2 rings (SSSR count). The Morgan fingerprint density at radius 1 is 1.09 bits per heavy atom. The summed E-state index contributed by atoms with van der Waals surface area (Å²) < 4.78 is 28.2. The largest absolute Gasteiger partial charge is 0.435 e. The fourth-order valence-corrected chi connectivity index (χ4v) is 2.46. The Hall–Kier alpha value is -2.22. The van der Waals surface area contributed by atoms with Crippen molar-refractivity contribution in [2.45, 2.75) is 38.7 Å². The van der Waals surface area contributed by atoms with Crippen molar-refractivity contribution in [1.82, 2.24) is 0 Å². The predicted molar refractivity (Wildman–Crippen MR) is 76.5 cm³/mol. The number of benzene rings is 1. The highest BCUT2D eigenvalue weighted by Gasteiger charge is 2.25. The molecule has 0 saturated heterocycles. The molecule has 1 aliphatic carbocycles. The molecule has 5 heteroatoms. The van der Waals surface area contributed by atoms with Gasteiger partial charge in [-0.3, -0.25) is 9.59 Å². The number of carbonyl (C=O) groups excluding carboxylic acids is 2. The number of hydrogen-bond donors (Lipinski definition) is 0. The number of Topliss-reactive ketones (excluding diaryl/α,β-unsaturated/α-hetero) is 2. The summed E-state index contributed by atoms with van der Waals surface area (Å²) in [4.78, 5) is 23.7. The number of carbonyl (C=O) groups is 2. The lowest BCUT2D eigenvalue weighted by atomic mass is 9.85. The lowest BCUT2D eigenvalue weighted by molar-refractivity contribution is -0.136. The first kappa shape index (κ1) is 16.2. The molecule has 0 aromatic heterocycles. The Labute approximate surface area is 127 Å². The van der Waals surface area contributed by atoms with Gasteiger partial charge < -0.3 is 4.74 Å². The molecule has 1 fully saturated rings. The Bertz CT molecular complexity index is 591. The molecular formula is C17H16F2O3. The van der Waals surface area contributed by atoms with Gasteiger partial charge in [0.1, 0.15) is 5.75 Å². The summed E-state index contributed by atoms with van der Waals surface area (Å²) >= 11 is 0. The average molecular weight is 306 g/mol. The molecule has 22 heavy (non-hydrogen) atoms. The summed E-state index contributed by atoms with van der Waals surface area (Å²) in [5, 5.41) is 0. The SMILES string of the molecule is O=C(C#Cc1ccc(OC(F)F)cc1)C(=O)C1CCCCC1. The minimum absolute atomic E-state index is 0.0187. The number of ketones is 2. The zero-order valence-electron chi connectivity index (χ0n) is 12.0. The second kappa shape index (κ2) is 7.69. The molecule has 0 heterocycles. The number of hydrogen-bond acceptors (Lipinski definition) is 3. The van der Waals surface area contributed by atoms with Crippen molar-refractivity contribution in [2.24, 2.45) is 5.92 Å². The van der Waals surface area contributed by atoms with Crippen molar-refractivity contribution in [3.05, 3.63) is 29.8 Å². The van der Waals surface area contributed by atoms with Crippen LogP contribution in [0.1, 0.15) is 37.7 Å². The van der Waals surface area contributed by atoms with E-state index in [0.29, 0.717) is 5.56 Å². The van der Waals surface area contributed by atoms with Gasteiger partial charge in [-0.1, -0.05) is 25.2 Å². The second-order valence-electron chi connectivity index (χ2n) is 5.18. The van der Waals surface area contributed by atoms with Crippen LogP contribution in [0.15, 0.2) is 24.3 Å². The van der Waals surface area contributed by atoms with Gasteiger partial charge in [0.25, 0.3) is 5.78 Å². The normalized spacial score (nSPS) is 15.0. The Morgan fingerprint density at radius 2 is 1.73 bits per heavy atom. The molecule has 0 radical (unpaired) electrons. The Balaban J connectivity index is 1.96. The average Bonchev–Trinajstić information content (AvgIpc) is 2.53. The lowest BCUT2D eigenvalue weighted by Gasteiger charge is -2.18. The lowest BCUT2D eigenvalue weighted by Crippen LogP contribution is -2.24. The third-order valence-corrected chi connectivity index (χ3v) is 3.60. The van der Waals surface area contributed by atoms with Crippen molar-refractivity contribution >= 4 is 11.6 Å². The maximum Gasteiger partial charge on any atom is 0.387 e. The topological polar surface area (TPSA) is 43.4 Å². The molecule has 116 valence electrons. The Kier molecular flexibility index (Phi) is 5.65. The van der Waals surface area contributed by atoms with E-state index >= 15 is 0 Å². The maximum absolute atomic E-state index is 12.0. The van der Waals surface area contributed by atoms with Crippen LogP contribution in [0.25, 0.3) is 0 Å². The summed E-state index contributed by atoms with van der Waals surface area (Å²) in [6.45, 7) is -2.88. The van der Waals surface area contributed by atoms with E-state index < -0.39 is 18.2 Å². The van der Waals surface area contributed by atoms with Crippen LogP contribution in [0.4, 0.5) is 8.78 Å². The highest BCUT2D eigenvalue weighted by atomic mass is 19.3. The Morgan fingerprint density at radius 3 is 2.32 bits per heavy atom. The van der Waals surface area contributed by atoms with Crippen LogP contribution in [-0.2, 0) is 9.59 Å². The number of rotatable bonds is 4. The number of alkyl halides is 2. The first-order chi connectivity index (χ1) is 10.6. The highest BCUT2D eigenvalue weighted by molar-refractivity contribution is 6.44. The summed E-state index contributed by atoms with van der Waals surface area (Å²) in [5.74, 6) is 3.64. The second-order valence-corrected chi connectivity index (χ2v) is 5.18. The minimum atomic E-state index is -2.88. The molecule has 0 spiro atoms. The van der Waals surface area contributed by atoms with Crippen LogP contribution in [0, 0.1) is 17.8 Å². The quantitative estimate of drug-likeness (QED) is 0.633. The van der Waals surface area contributed by atoms with Crippen LogP contribution in [0.3, 0.4) is 0 Å². The van der Waals surface area contributed by atoms with E-state index in [0.717, 1.165) is 32.1 Å². The van der Waals surface area contributed by atoms with E-state index in [1.54, 1.807) is 0 Å². The summed E-state index contributed by atoms with van der Waals surface area (Å²) in [5.41, 5.74) is 0.464. The van der Waals surface area contributed by atoms with E-state index in [2.05, 4.69) is 16.6 Å². The van der Waals surface area contributed by atoms with Gasteiger partial charge in [-0.2, -0.15) is 8.78 Å². The monoisotopic (exact) mass is 306 g/mol. The van der Waals surface area contributed by atoms with Gasteiger partial charge in [-0.05, 0) is 43.0 Å². The highest BCUT2D eigenvalue weighted by Crippen LogP contribution is 2.24. The van der Waals surface area contributed by atoms with Gasteiger partial charge in [0.2, 0.25) is 5.78 Å². The third kappa shape index (κ3) is 4.66. The van der Waals surface area contributed by atoms with E-state index in [1.165, 1.54) is 24.3 Å². The van der Waals surface area contributed by atoms with Gasteiger partial charge in [0.15, 0.2) is 0 Å². The minimum Gasteiger partial charge on any atom is -0.435 e. The third-order valence-electron chi connectivity index (χ3n) is 3.60. The smallest absolute Gasteiger partial charge is 0.387 e. The van der Waals surface area contributed by atoms with Gasteiger partial charge >= 0.3 is 6.61 Å².